The van der Waals surface area contributed by atoms with Gasteiger partial charge in [-0.05, 0) is 141 Å². The molecule has 0 aliphatic rings. The zero-order chi connectivity index (χ0) is 80.3. The lowest BCUT2D eigenvalue weighted by Gasteiger charge is -2.21. The van der Waals surface area contributed by atoms with E-state index in [4.69, 9.17) is 37.0 Å². The zero-order valence-electron chi connectivity index (χ0n) is 69.4. The molecule has 632 valence electrons. The van der Waals surface area contributed by atoms with E-state index in [1.807, 2.05) is 0 Å². The number of aliphatic hydroxyl groups excluding tert-OH is 1. The van der Waals surface area contributed by atoms with E-state index in [1.54, 1.807) is 0 Å². The molecule has 0 radical (unpaired) electrons. The fourth-order valence-electron chi connectivity index (χ4n) is 11.6. The van der Waals surface area contributed by atoms with E-state index in [9.17, 15) is 43.2 Å². The number of aliphatic hydroxyl groups is 1. The van der Waals surface area contributed by atoms with E-state index in [0.717, 1.165) is 212 Å². The minimum absolute atomic E-state index is 0.0748. The lowest BCUT2D eigenvalue weighted by molar-refractivity contribution is -0.161. The first-order valence-electron chi connectivity index (χ1n) is 43.4. The summed E-state index contributed by atoms with van der Waals surface area (Å²) < 4.78 is 68.9. The zero-order valence-corrected chi connectivity index (χ0v) is 71.2. The van der Waals surface area contributed by atoms with Crippen LogP contribution in [0.3, 0.4) is 0 Å². The molecule has 19 heteroatoms. The van der Waals surface area contributed by atoms with Crippen molar-refractivity contribution in [1.82, 2.24) is 0 Å². The summed E-state index contributed by atoms with van der Waals surface area (Å²) >= 11 is 0. The van der Waals surface area contributed by atoms with Gasteiger partial charge in [0.2, 0.25) is 0 Å². The van der Waals surface area contributed by atoms with Gasteiger partial charge in [0, 0.05) is 25.7 Å². The molecule has 0 rings (SSSR count). The van der Waals surface area contributed by atoms with Crippen LogP contribution in [-0.2, 0) is 65.4 Å². The minimum Gasteiger partial charge on any atom is -0.462 e. The molecule has 5 unspecified atom stereocenters. The molecule has 0 aliphatic heterocycles. The number of phosphoric ester groups is 2. The van der Waals surface area contributed by atoms with Crippen LogP contribution in [0.2, 0.25) is 0 Å². The summed E-state index contributed by atoms with van der Waals surface area (Å²) in [6, 6.07) is 0. The maximum absolute atomic E-state index is 13.2. The number of hydrogen-bond acceptors (Lipinski definition) is 15. The van der Waals surface area contributed by atoms with Gasteiger partial charge < -0.3 is 33.8 Å². The van der Waals surface area contributed by atoms with Crippen molar-refractivity contribution < 1.29 is 80.2 Å². The number of rotatable bonds is 81. The minimum atomic E-state index is -4.99. The summed E-state index contributed by atoms with van der Waals surface area (Å²) in [6.07, 6.45) is 94.0. The molecule has 0 aromatic heterocycles. The third-order valence-corrected chi connectivity index (χ3v) is 20.0. The molecular formula is C91H156O17P2. The highest BCUT2D eigenvalue weighted by molar-refractivity contribution is 7.47. The fourth-order valence-corrected chi connectivity index (χ4v) is 13.1. The predicted octanol–water partition coefficient (Wildman–Crippen LogP) is 26.0. The van der Waals surface area contributed by atoms with Gasteiger partial charge >= 0.3 is 39.5 Å². The van der Waals surface area contributed by atoms with Crippen LogP contribution in [0.25, 0.3) is 0 Å². The molecule has 110 heavy (non-hydrogen) atoms. The smallest absolute Gasteiger partial charge is 0.462 e. The monoisotopic (exact) mass is 1580 g/mol. The first-order valence-corrected chi connectivity index (χ1v) is 46.4. The quantitative estimate of drug-likeness (QED) is 0.0169. The van der Waals surface area contributed by atoms with Gasteiger partial charge in [0.25, 0.3) is 0 Å². The largest absolute Gasteiger partial charge is 0.472 e. The molecule has 5 atom stereocenters. The van der Waals surface area contributed by atoms with Crippen LogP contribution in [0.1, 0.15) is 362 Å². The molecular weight excluding hydrogens is 1430 g/mol. The average molecular weight is 1580 g/mol. The topological polar surface area (TPSA) is 237 Å². The Morgan fingerprint density at radius 2 is 0.473 bits per heavy atom. The second-order valence-corrected chi connectivity index (χ2v) is 31.6. The molecule has 0 heterocycles. The van der Waals surface area contributed by atoms with Crippen molar-refractivity contribution in [1.29, 1.82) is 0 Å². The van der Waals surface area contributed by atoms with Gasteiger partial charge in [-0.15, -0.1) is 0 Å². The summed E-state index contributed by atoms with van der Waals surface area (Å²) in [4.78, 5) is 73.3. The Morgan fingerprint density at radius 1 is 0.264 bits per heavy atom. The number of hydrogen-bond donors (Lipinski definition) is 3. The molecule has 3 N–H and O–H groups in total. The summed E-state index contributed by atoms with van der Waals surface area (Å²) in [6.45, 7) is 4.63. The van der Waals surface area contributed by atoms with Crippen LogP contribution in [0.5, 0.6) is 0 Å². The summed E-state index contributed by atoms with van der Waals surface area (Å²) in [7, 11) is -9.98. The van der Waals surface area contributed by atoms with E-state index in [0.29, 0.717) is 25.7 Å². The summed E-state index contributed by atoms with van der Waals surface area (Å²) in [5.74, 6) is -2.20. The first-order chi connectivity index (χ1) is 53.7. The van der Waals surface area contributed by atoms with Gasteiger partial charge in [0.1, 0.15) is 19.3 Å². The maximum atomic E-state index is 13.2. The third kappa shape index (κ3) is 81.2. The number of allylic oxidation sites excluding steroid dienone is 22. The van der Waals surface area contributed by atoms with E-state index in [2.05, 4.69) is 161 Å². The Balaban J connectivity index is 5.39. The molecule has 17 nitrogen and oxygen atoms in total. The highest BCUT2D eigenvalue weighted by atomic mass is 31.2. The second-order valence-electron chi connectivity index (χ2n) is 28.7. The lowest BCUT2D eigenvalue weighted by Crippen LogP contribution is -2.30. The van der Waals surface area contributed by atoms with E-state index >= 15 is 0 Å². The van der Waals surface area contributed by atoms with Gasteiger partial charge in [-0.2, -0.15) is 0 Å². The van der Waals surface area contributed by atoms with E-state index < -0.39 is 97.5 Å². The summed E-state index contributed by atoms with van der Waals surface area (Å²) in [5.41, 5.74) is 0. The maximum Gasteiger partial charge on any atom is 0.472 e. The third-order valence-electron chi connectivity index (χ3n) is 18.1. The van der Waals surface area contributed by atoms with Crippen molar-refractivity contribution >= 4 is 39.5 Å². The second kappa shape index (κ2) is 82.2. The van der Waals surface area contributed by atoms with Gasteiger partial charge in [-0.3, -0.25) is 37.3 Å². The Bertz CT molecular complexity index is 2600. The predicted molar refractivity (Wildman–Crippen MR) is 454 cm³/mol. The number of unbranched alkanes of at least 4 members (excludes halogenated alkanes) is 33. The van der Waals surface area contributed by atoms with Crippen LogP contribution in [0, 0.1) is 0 Å². The van der Waals surface area contributed by atoms with Crippen molar-refractivity contribution in [2.24, 2.45) is 0 Å². The van der Waals surface area contributed by atoms with Crippen molar-refractivity contribution in [3.8, 4) is 0 Å². The molecule has 0 spiro atoms. The van der Waals surface area contributed by atoms with E-state index in [1.165, 1.54) is 70.6 Å². The Morgan fingerprint density at radius 3 is 0.745 bits per heavy atom. The lowest BCUT2D eigenvalue weighted by atomic mass is 10.0. The van der Waals surface area contributed by atoms with Crippen molar-refractivity contribution in [2.75, 3.05) is 39.6 Å². The number of ether oxygens (including phenoxy) is 4. The van der Waals surface area contributed by atoms with Crippen molar-refractivity contribution in [3.63, 3.8) is 0 Å². The van der Waals surface area contributed by atoms with Crippen molar-refractivity contribution in [2.45, 2.75) is 380 Å². The first kappa shape index (κ1) is 105. The number of phosphoric acid groups is 2. The molecule has 0 amide bonds. The fraction of sp³-hybridized carbons (Fsp3) is 0.714. The van der Waals surface area contributed by atoms with E-state index in [-0.39, 0.29) is 25.7 Å². The standard InChI is InChI=1S/C91H156O17P2/c1-5-9-13-17-21-25-29-33-36-39-42-45-48-52-55-59-63-67-71-75-88(93)101-81-86(107-90(95)77-73-69-65-61-57-51-32-28-24-20-16-12-8-4)83-105-109(97,98)103-79-85(92)80-104-110(99,100)106-84-87(108-91(96)78-74-70-66-62-58-54-50-47-44-41-38-35-31-27-23-19-15-11-7-3)82-102-89(94)76-72-68-64-60-56-53-49-46-43-40-37-34-30-26-22-18-14-10-6-2/h9-10,13-14,21-23,25-27,33-38,42-47,85-87,92H,5-8,11-12,15-20,24,28-32,39-41,48-84H2,1-4H3,(H,97,98)(H,99,100)/b13-9-,14-10-,25-21-,26-22-,27-23-,36-33-,37-34-,38-35-,45-42-,46-43-,47-44-. The normalized spacial score (nSPS) is 14.4. The Kier molecular flexibility index (Phi) is 78.6. The van der Waals surface area contributed by atoms with Gasteiger partial charge in [-0.25, -0.2) is 9.13 Å². The number of carbonyl (C=O) groups is 4. The highest BCUT2D eigenvalue weighted by Gasteiger charge is 2.30. The SMILES string of the molecule is CC/C=C\C/C=C\C/C=C\C/C=C\CCCCCCCCC(=O)OCC(COP(=O)(O)OCC(O)COP(=O)(O)OCC(COC(=O)CCCCCCCC/C=C\C/C=C\C/C=C\C/C=C\CC)OC(=O)CCCCCCCCCCCCCCC)OC(=O)CCCCCCCC/C=C\C/C=C\C/C=C\CCCCC. The average Bonchev–Trinajstić information content (AvgIpc) is 0.900. The van der Waals surface area contributed by atoms with Gasteiger partial charge in [0.05, 0.1) is 26.4 Å². The molecule has 0 saturated heterocycles. The Labute approximate surface area is 669 Å². The molecule has 0 aliphatic carbocycles. The van der Waals surface area contributed by atoms with Crippen LogP contribution < -0.4 is 0 Å². The molecule has 0 fully saturated rings. The van der Waals surface area contributed by atoms with Crippen molar-refractivity contribution in [3.05, 3.63) is 134 Å². The Hall–Kier alpha value is -4.80. The molecule has 0 aromatic carbocycles. The van der Waals surface area contributed by atoms with Gasteiger partial charge in [0.15, 0.2) is 12.2 Å². The molecule has 0 aromatic rings. The summed E-state index contributed by atoms with van der Waals surface area (Å²) in [5, 5.41) is 10.7. The molecule has 0 bridgehead atoms. The van der Waals surface area contributed by atoms with Crippen LogP contribution in [0.15, 0.2) is 134 Å². The highest BCUT2D eigenvalue weighted by Crippen LogP contribution is 2.45. The van der Waals surface area contributed by atoms with Crippen LogP contribution in [0.4, 0.5) is 0 Å². The van der Waals surface area contributed by atoms with Crippen LogP contribution >= 0.6 is 15.6 Å². The van der Waals surface area contributed by atoms with Crippen LogP contribution in [-0.4, -0.2) is 96.7 Å². The molecule has 0 saturated carbocycles. The number of carbonyl (C=O) groups excluding carboxylic acids is 4. The number of esters is 4. The van der Waals surface area contributed by atoms with Gasteiger partial charge in [-0.1, -0.05) is 328 Å².